The van der Waals surface area contributed by atoms with Crippen LogP contribution in [-0.2, 0) is 14.2 Å². The number of Topliss-reactive ketones (excluding diaryl/α,β-unsaturated/α-hetero) is 1. The molecular weight excluding hydrogens is 400 g/mol. The first kappa shape index (κ1) is 22.9. The molecule has 166 valence electrons. The predicted molar refractivity (Wildman–Crippen MR) is 114 cm³/mol. The highest BCUT2D eigenvalue weighted by atomic mass is 16.8. The lowest BCUT2D eigenvalue weighted by molar-refractivity contribution is -0.219. The number of rotatable bonds is 11. The van der Waals surface area contributed by atoms with Gasteiger partial charge in [0.15, 0.2) is 12.6 Å². The van der Waals surface area contributed by atoms with Crippen molar-refractivity contribution >= 4 is 12.1 Å². The van der Waals surface area contributed by atoms with Gasteiger partial charge >= 0.3 is 6.48 Å². The largest absolute Gasteiger partial charge is 0.468 e. The van der Waals surface area contributed by atoms with E-state index < -0.39 is 6.48 Å². The normalized spacial score (nSPS) is 18.2. The lowest BCUT2D eigenvalue weighted by Gasteiger charge is -2.21. The molecule has 0 aromatic heterocycles. The van der Waals surface area contributed by atoms with Gasteiger partial charge in [0.2, 0.25) is 0 Å². The van der Waals surface area contributed by atoms with E-state index in [4.69, 9.17) is 23.7 Å². The van der Waals surface area contributed by atoms with Gasteiger partial charge < -0.3 is 23.7 Å². The third-order valence-electron chi connectivity index (χ3n) is 5.47. The Kier molecular flexibility index (Phi) is 8.17. The van der Waals surface area contributed by atoms with Gasteiger partial charge in [0.05, 0.1) is 0 Å². The van der Waals surface area contributed by atoms with Gasteiger partial charge in [-0.2, -0.15) is 0 Å². The molecule has 2 aromatic carbocycles. The number of aldehydes is 1. The minimum Gasteiger partial charge on any atom is -0.468 e. The molecule has 2 aromatic rings. The molecule has 1 aliphatic carbocycles. The van der Waals surface area contributed by atoms with Gasteiger partial charge in [0.1, 0.15) is 17.8 Å². The molecule has 0 radical (unpaired) electrons. The Labute approximate surface area is 182 Å². The van der Waals surface area contributed by atoms with Crippen LogP contribution < -0.4 is 9.47 Å². The summed E-state index contributed by atoms with van der Waals surface area (Å²) in [4.78, 5) is 24.7. The third kappa shape index (κ3) is 5.70. The lowest BCUT2D eigenvalue weighted by atomic mass is 9.83. The molecule has 31 heavy (non-hydrogen) atoms. The summed E-state index contributed by atoms with van der Waals surface area (Å²) in [5.74, 6) is 1.04. The molecule has 1 saturated carbocycles. The Morgan fingerprint density at radius 1 is 1.03 bits per heavy atom. The first-order valence-corrected chi connectivity index (χ1v) is 10.2. The second kappa shape index (κ2) is 11.0. The van der Waals surface area contributed by atoms with Crippen LogP contribution >= 0.6 is 0 Å². The van der Waals surface area contributed by atoms with E-state index in [2.05, 4.69) is 0 Å². The number of ketones is 1. The van der Waals surface area contributed by atoms with Gasteiger partial charge in [-0.25, -0.2) is 0 Å². The second-order valence-electron chi connectivity index (χ2n) is 7.41. The smallest absolute Gasteiger partial charge is 0.315 e. The second-order valence-corrected chi connectivity index (χ2v) is 7.41. The zero-order valence-corrected chi connectivity index (χ0v) is 18.0. The fourth-order valence-electron chi connectivity index (χ4n) is 4.03. The predicted octanol–water partition coefficient (Wildman–Crippen LogP) is 4.20. The van der Waals surface area contributed by atoms with Crippen molar-refractivity contribution in [2.45, 2.75) is 31.7 Å². The third-order valence-corrected chi connectivity index (χ3v) is 5.47. The minimum atomic E-state index is -0.880. The molecule has 7 heteroatoms. The van der Waals surface area contributed by atoms with Crippen LogP contribution in [0.15, 0.2) is 42.5 Å². The van der Waals surface area contributed by atoms with Crippen LogP contribution in [0.2, 0.25) is 0 Å². The molecule has 0 heterocycles. The number of hydrogen-bond donors (Lipinski definition) is 0. The Bertz CT molecular complexity index is 874. The quantitative estimate of drug-likeness (QED) is 0.301. The van der Waals surface area contributed by atoms with Gasteiger partial charge in [-0.3, -0.25) is 9.59 Å². The van der Waals surface area contributed by atoms with E-state index in [1.165, 1.54) is 14.2 Å². The molecule has 0 spiro atoms. The zero-order chi connectivity index (χ0) is 22.2. The number of methoxy groups -OCH3 is 3. The van der Waals surface area contributed by atoms with Crippen molar-refractivity contribution in [2.75, 3.05) is 28.1 Å². The first-order chi connectivity index (χ1) is 15.1. The Morgan fingerprint density at radius 2 is 1.77 bits per heavy atom. The number of hydrogen-bond acceptors (Lipinski definition) is 7. The van der Waals surface area contributed by atoms with Crippen LogP contribution in [0.25, 0.3) is 0 Å². The molecule has 1 aliphatic rings. The van der Waals surface area contributed by atoms with Crippen molar-refractivity contribution in [3.8, 4) is 11.5 Å². The van der Waals surface area contributed by atoms with Crippen molar-refractivity contribution in [1.29, 1.82) is 0 Å². The van der Waals surface area contributed by atoms with Crippen molar-refractivity contribution in [1.82, 2.24) is 0 Å². The van der Waals surface area contributed by atoms with E-state index in [1.54, 1.807) is 37.4 Å². The van der Waals surface area contributed by atoms with Crippen molar-refractivity contribution in [3.63, 3.8) is 0 Å². The Balaban J connectivity index is 1.82. The summed E-state index contributed by atoms with van der Waals surface area (Å²) in [6.45, 7) is -0.725. The fraction of sp³-hybridized carbons (Fsp3) is 0.417. The number of ether oxygens (including phenoxy) is 5. The molecule has 0 amide bonds. The standard InChI is InChI=1S/C24H28O7/c1-27-15-30-19-9-7-17(8-10-19)23(26)22-6-4-5-21(22)18-11-16(14-25)12-20(13-18)31-24(28-2)29-3/h7-14,21-22,24H,4-6,15H2,1-3H3. The van der Waals surface area contributed by atoms with Gasteiger partial charge in [0.25, 0.3) is 0 Å². The summed E-state index contributed by atoms with van der Waals surface area (Å²) in [7, 11) is 4.49. The lowest BCUT2D eigenvalue weighted by Crippen LogP contribution is -2.21. The SMILES string of the molecule is COCOc1ccc(C(=O)C2CCCC2c2cc(C=O)cc(OC(OC)OC)c2)cc1. The number of carbonyl (C=O) groups excluding carboxylic acids is 2. The molecule has 2 unspecified atom stereocenters. The summed E-state index contributed by atoms with van der Waals surface area (Å²) in [5.41, 5.74) is 2.03. The average Bonchev–Trinajstić information content (AvgIpc) is 3.31. The molecule has 0 N–H and O–H groups in total. The van der Waals surface area contributed by atoms with Crippen LogP contribution in [0.4, 0.5) is 0 Å². The van der Waals surface area contributed by atoms with Crippen LogP contribution in [0.3, 0.4) is 0 Å². The molecular formula is C24H28O7. The van der Waals surface area contributed by atoms with E-state index in [0.717, 1.165) is 31.1 Å². The highest BCUT2D eigenvalue weighted by Gasteiger charge is 2.35. The summed E-state index contributed by atoms with van der Waals surface area (Å²) in [6.07, 6.45) is 3.38. The summed E-state index contributed by atoms with van der Waals surface area (Å²) in [6, 6.07) is 12.4. The fourth-order valence-corrected chi connectivity index (χ4v) is 4.03. The van der Waals surface area contributed by atoms with Crippen molar-refractivity contribution in [3.05, 3.63) is 59.2 Å². The molecule has 0 saturated heterocycles. The Morgan fingerprint density at radius 3 is 2.42 bits per heavy atom. The van der Waals surface area contributed by atoms with Crippen LogP contribution in [0.5, 0.6) is 11.5 Å². The van der Waals surface area contributed by atoms with Crippen molar-refractivity contribution < 1.29 is 33.3 Å². The maximum atomic E-state index is 13.3. The van der Waals surface area contributed by atoms with E-state index in [1.807, 2.05) is 12.1 Å². The average molecular weight is 428 g/mol. The molecule has 2 atom stereocenters. The highest BCUT2D eigenvalue weighted by Crippen LogP contribution is 2.42. The van der Waals surface area contributed by atoms with E-state index in [-0.39, 0.29) is 24.4 Å². The summed E-state index contributed by atoms with van der Waals surface area (Å²) >= 11 is 0. The van der Waals surface area contributed by atoms with Crippen molar-refractivity contribution in [2.24, 2.45) is 5.92 Å². The van der Waals surface area contributed by atoms with E-state index >= 15 is 0 Å². The minimum absolute atomic E-state index is 0.00251. The van der Waals surface area contributed by atoms with Gasteiger partial charge in [-0.05, 0) is 66.8 Å². The monoisotopic (exact) mass is 428 g/mol. The van der Waals surface area contributed by atoms with Gasteiger partial charge in [-0.15, -0.1) is 0 Å². The Hall–Kier alpha value is -2.74. The van der Waals surface area contributed by atoms with Gasteiger partial charge in [0, 0.05) is 38.4 Å². The molecule has 3 rings (SSSR count). The van der Waals surface area contributed by atoms with Crippen LogP contribution in [0.1, 0.15) is 51.5 Å². The van der Waals surface area contributed by atoms with Crippen LogP contribution in [0, 0.1) is 5.92 Å². The van der Waals surface area contributed by atoms with Crippen LogP contribution in [-0.4, -0.2) is 46.7 Å². The molecule has 1 fully saturated rings. The van der Waals surface area contributed by atoms with Gasteiger partial charge in [-0.1, -0.05) is 6.42 Å². The number of benzene rings is 2. The first-order valence-electron chi connectivity index (χ1n) is 10.2. The number of carbonyl (C=O) groups is 2. The maximum Gasteiger partial charge on any atom is 0.315 e. The molecule has 7 nitrogen and oxygen atoms in total. The summed E-state index contributed by atoms with van der Waals surface area (Å²) < 4.78 is 26.1. The highest BCUT2D eigenvalue weighted by molar-refractivity contribution is 5.98. The summed E-state index contributed by atoms with van der Waals surface area (Å²) in [5, 5.41) is 0. The molecule has 0 aliphatic heterocycles. The zero-order valence-electron chi connectivity index (χ0n) is 18.0. The maximum absolute atomic E-state index is 13.3. The molecule has 0 bridgehead atoms. The topological polar surface area (TPSA) is 80.3 Å². The van der Waals surface area contributed by atoms with E-state index in [0.29, 0.717) is 22.6 Å². The van der Waals surface area contributed by atoms with E-state index in [9.17, 15) is 9.59 Å².